The Kier molecular flexibility index (Phi) is 4.03. The predicted molar refractivity (Wildman–Crippen MR) is 82.5 cm³/mol. The van der Waals surface area contributed by atoms with Crippen molar-refractivity contribution in [1.29, 1.82) is 0 Å². The number of fused-ring (bicyclic) bond motifs is 1. The van der Waals surface area contributed by atoms with Crippen LogP contribution in [0.1, 0.15) is 35.3 Å². The molecule has 1 aromatic heterocycles. The molecule has 0 amide bonds. The fourth-order valence-electron chi connectivity index (χ4n) is 2.45. The molecule has 106 valence electrons. The molecule has 0 fully saturated rings. The van der Waals surface area contributed by atoms with Crippen LogP contribution in [0, 0.1) is 0 Å². The number of benzene rings is 1. The summed E-state index contributed by atoms with van der Waals surface area (Å²) in [7, 11) is 0. The van der Waals surface area contributed by atoms with Crippen LogP contribution in [0.15, 0.2) is 30.5 Å². The minimum atomic E-state index is 0.237. The van der Waals surface area contributed by atoms with Gasteiger partial charge in [0.1, 0.15) is 16.9 Å². The summed E-state index contributed by atoms with van der Waals surface area (Å²) >= 11 is 1.80. The van der Waals surface area contributed by atoms with Gasteiger partial charge in [0.05, 0.1) is 6.04 Å². The van der Waals surface area contributed by atoms with Crippen LogP contribution in [0.4, 0.5) is 0 Å². The van der Waals surface area contributed by atoms with Gasteiger partial charge >= 0.3 is 0 Å². The van der Waals surface area contributed by atoms with Crippen LogP contribution in [0.25, 0.3) is 0 Å². The zero-order chi connectivity index (χ0) is 13.9. The number of hydrogen-bond donors (Lipinski definition) is 1. The lowest BCUT2D eigenvalue weighted by atomic mass is 10.1. The number of nitrogens with one attached hydrogen (secondary N) is 1. The largest absolute Gasteiger partial charge is 0.488 e. The number of aryl methyl sites for hydroxylation is 1. The molecule has 4 heteroatoms. The van der Waals surface area contributed by atoms with Gasteiger partial charge in [0, 0.05) is 24.0 Å². The predicted octanol–water partition coefficient (Wildman–Crippen LogP) is 3.36. The number of nitrogens with zero attached hydrogens (tertiary/aromatic N) is 1. The first-order valence-electron chi connectivity index (χ1n) is 7.18. The van der Waals surface area contributed by atoms with E-state index in [1.807, 2.05) is 18.3 Å². The standard InChI is InChI=1S/C16H20N2OS/c1-3-14-10-18-16(20-14)11(2)17-9-13-8-12-6-4-5-7-15(12)19-13/h4-7,10-11,13,17H,3,8-9H2,1-2H3. The summed E-state index contributed by atoms with van der Waals surface area (Å²) in [6.45, 7) is 5.19. The van der Waals surface area contributed by atoms with Crippen molar-refractivity contribution in [2.24, 2.45) is 0 Å². The molecule has 2 aromatic rings. The maximum absolute atomic E-state index is 5.94. The van der Waals surface area contributed by atoms with E-state index in [9.17, 15) is 0 Å². The molecule has 2 unspecified atom stereocenters. The Morgan fingerprint density at radius 2 is 2.30 bits per heavy atom. The van der Waals surface area contributed by atoms with Gasteiger partial charge in [-0.25, -0.2) is 4.98 Å². The molecule has 0 aliphatic carbocycles. The maximum atomic E-state index is 5.94. The van der Waals surface area contributed by atoms with Crippen LogP contribution in [-0.2, 0) is 12.8 Å². The van der Waals surface area contributed by atoms with Crippen molar-refractivity contribution >= 4 is 11.3 Å². The summed E-state index contributed by atoms with van der Waals surface area (Å²) in [6.07, 6.45) is 4.28. The van der Waals surface area contributed by atoms with E-state index < -0.39 is 0 Å². The summed E-state index contributed by atoms with van der Waals surface area (Å²) in [6, 6.07) is 8.58. The van der Waals surface area contributed by atoms with Gasteiger partial charge < -0.3 is 10.1 Å². The van der Waals surface area contributed by atoms with Crippen molar-refractivity contribution in [3.05, 3.63) is 45.9 Å². The fraction of sp³-hybridized carbons (Fsp3) is 0.438. The lowest BCUT2D eigenvalue weighted by Gasteiger charge is -2.15. The highest BCUT2D eigenvalue weighted by molar-refractivity contribution is 7.11. The van der Waals surface area contributed by atoms with Crippen LogP contribution < -0.4 is 10.1 Å². The summed E-state index contributed by atoms with van der Waals surface area (Å²) in [5.74, 6) is 1.04. The van der Waals surface area contributed by atoms with Crippen LogP contribution in [0.3, 0.4) is 0 Å². The molecule has 0 radical (unpaired) electrons. The second-order valence-corrected chi connectivity index (χ2v) is 6.35. The van der Waals surface area contributed by atoms with Crippen molar-refractivity contribution in [1.82, 2.24) is 10.3 Å². The van der Waals surface area contributed by atoms with E-state index in [1.165, 1.54) is 10.4 Å². The molecule has 20 heavy (non-hydrogen) atoms. The van der Waals surface area contributed by atoms with Gasteiger partial charge in [-0.3, -0.25) is 0 Å². The maximum Gasteiger partial charge on any atom is 0.123 e. The number of thiazole rings is 1. The second kappa shape index (κ2) is 5.94. The first-order valence-corrected chi connectivity index (χ1v) is 8.00. The molecule has 1 aliphatic rings. The molecule has 2 atom stereocenters. The topological polar surface area (TPSA) is 34.2 Å². The van der Waals surface area contributed by atoms with Gasteiger partial charge in [-0.2, -0.15) is 0 Å². The quantitative estimate of drug-likeness (QED) is 0.916. The molecule has 2 heterocycles. The zero-order valence-electron chi connectivity index (χ0n) is 11.9. The molecule has 1 aromatic carbocycles. The normalized spacial score (nSPS) is 18.6. The number of ether oxygens (including phenoxy) is 1. The average molecular weight is 288 g/mol. The van der Waals surface area contributed by atoms with Gasteiger partial charge in [-0.05, 0) is 25.0 Å². The van der Waals surface area contributed by atoms with E-state index >= 15 is 0 Å². The summed E-state index contributed by atoms with van der Waals surface area (Å²) < 4.78 is 5.94. The first-order chi connectivity index (χ1) is 9.76. The van der Waals surface area contributed by atoms with Crippen molar-refractivity contribution in [3.8, 4) is 5.75 Å². The highest BCUT2D eigenvalue weighted by Gasteiger charge is 2.22. The number of aromatic nitrogens is 1. The monoisotopic (exact) mass is 288 g/mol. The summed E-state index contributed by atoms with van der Waals surface area (Å²) in [5.41, 5.74) is 1.31. The van der Waals surface area contributed by atoms with Gasteiger partial charge in [-0.15, -0.1) is 11.3 Å². The fourth-order valence-corrected chi connectivity index (χ4v) is 3.33. The Balaban J connectivity index is 1.53. The molecule has 0 bridgehead atoms. The number of rotatable bonds is 5. The third-order valence-corrected chi connectivity index (χ3v) is 4.98. The van der Waals surface area contributed by atoms with E-state index in [4.69, 9.17) is 4.74 Å². The van der Waals surface area contributed by atoms with Crippen molar-refractivity contribution in [3.63, 3.8) is 0 Å². The number of hydrogen-bond acceptors (Lipinski definition) is 4. The van der Waals surface area contributed by atoms with Gasteiger partial charge in [0.25, 0.3) is 0 Å². The molecule has 1 N–H and O–H groups in total. The Morgan fingerprint density at radius 1 is 1.45 bits per heavy atom. The first kappa shape index (κ1) is 13.6. The highest BCUT2D eigenvalue weighted by Crippen LogP contribution is 2.28. The Bertz CT molecular complexity index is 556. The SMILES string of the molecule is CCc1cnc(C(C)NCC2Cc3ccccc3O2)s1. The number of para-hydroxylation sites is 1. The Morgan fingerprint density at radius 3 is 3.05 bits per heavy atom. The second-order valence-electron chi connectivity index (χ2n) is 5.20. The van der Waals surface area contributed by atoms with Crippen molar-refractivity contribution in [2.75, 3.05) is 6.54 Å². The molecule has 0 saturated carbocycles. The molecule has 0 spiro atoms. The smallest absolute Gasteiger partial charge is 0.123 e. The van der Waals surface area contributed by atoms with Crippen LogP contribution in [0.5, 0.6) is 5.75 Å². The van der Waals surface area contributed by atoms with E-state index in [0.717, 1.165) is 30.1 Å². The Hall–Kier alpha value is -1.39. The van der Waals surface area contributed by atoms with Gasteiger partial charge in [0.2, 0.25) is 0 Å². The summed E-state index contributed by atoms with van der Waals surface area (Å²) in [5, 5.41) is 4.70. The lowest BCUT2D eigenvalue weighted by molar-refractivity contribution is 0.222. The minimum Gasteiger partial charge on any atom is -0.488 e. The molecular formula is C16H20N2OS. The Labute approximate surface area is 124 Å². The van der Waals surface area contributed by atoms with Crippen LogP contribution >= 0.6 is 11.3 Å². The molecule has 0 saturated heterocycles. The highest BCUT2D eigenvalue weighted by atomic mass is 32.1. The molecular weight excluding hydrogens is 268 g/mol. The minimum absolute atomic E-state index is 0.237. The van der Waals surface area contributed by atoms with Crippen molar-refractivity contribution in [2.45, 2.75) is 38.8 Å². The van der Waals surface area contributed by atoms with E-state index in [0.29, 0.717) is 0 Å². The lowest BCUT2D eigenvalue weighted by Crippen LogP contribution is -2.31. The summed E-state index contributed by atoms with van der Waals surface area (Å²) in [4.78, 5) is 5.83. The molecule has 1 aliphatic heterocycles. The van der Waals surface area contributed by atoms with Crippen molar-refractivity contribution < 1.29 is 4.74 Å². The van der Waals surface area contributed by atoms with Gasteiger partial charge in [-0.1, -0.05) is 25.1 Å². The van der Waals surface area contributed by atoms with Crippen LogP contribution in [0.2, 0.25) is 0 Å². The van der Waals surface area contributed by atoms with E-state index in [1.54, 1.807) is 11.3 Å². The molecule has 3 nitrogen and oxygen atoms in total. The third kappa shape index (κ3) is 2.86. The van der Waals surface area contributed by atoms with Gasteiger partial charge in [0.15, 0.2) is 0 Å². The van der Waals surface area contributed by atoms with E-state index in [2.05, 4.69) is 36.3 Å². The molecule has 3 rings (SSSR count). The third-order valence-electron chi connectivity index (χ3n) is 3.66. The van der Waals surface area contributed by atoms with Crippen LogP contribution in [-0.4, -0.2) is 17.6 Å². The zero-order valence-corrected chi connectivity index (χ0v) is 12.7. The van der Waals surface area contributed by atoms with E-state index in [-0.39, 0.29) is 12.1 Å². The average Bonchev–Trinajstić information content (AvgIpc) is 3.10.